The van der Waals surface area contributed by atoms with Gasteiger partial charge in [-0.3, -0.25) is 0 Å². The fourth-order valence-electron chi connectivity index (χ4n) is 2.77. The molecule has 0 spiro atoms. The molecule has 1 aromatic rings. The van der Waals surface area contributed by atoms with E-state index in [2.05, 4.69) is 51.5 Å². The van der Waals surface area contributed by atoms with E-state index in [1.54, 1.807) is 0 Å². The van der Waals surface area contributed by atoms with Gasteiger partial charge in [0.25, 0.3) is 0 Å². The van der Waals surface area contributed by atoms with Crippen LogP contribution in [-0.2, 0) is 10.9 Å². The van der Waals surface area contributed by atoms with Crippen LogP contribution in [0.15, 0.2) is 0 Å². The van der Waals surface area contributed by atoms with Gasteiger partial charge in [-0.15, -0.1) is 10.2 Å². The third-order valence-corrected chi connectivity index (χ3v) is 4.02. The highest BCUT2D eigenvalue weighted by Crippen LogP contribution is 2.34. The molecule has 0 bridgehead atoms. The predicted octanol–water partition coefficient (Wildman–Crippen LogP) is 3.98. The molecule has 96 valence electrons. The molecule has 3 nitrogen and oxygen atoms in total. The predicted molar refractivity (Wildman–Crippen MR) is 73.5 cm³/mol. The maximum absolute atomic E-state index is 4.46. The van der Waals surface area contributed by atoms with Crippen LogP contribution in [0.3, 0.4) is 0 Å². The fourth-order valence-corrected chi connectivity index (χ4v) is 3.14. The second-order valence-electron chi connectivity index (χ2n) is 5.95. The molecule has 0 aliphatic heterocycles. The summed E-state index contributed by atoms with van der Waals surface area (Å²) >= 11 is 3.51. The Labute approximate surface area is 112 Å². The van der Waals surface area contributed by atoms with E-state index >= 15 is 0 Å². The third-order valence-electron chi connectivity index (χ3n) is 3.52. The average Bonchev–Trinajstić information content (AvgIpc) is 2.73. The van der Waals surface area contributed by atoms with Crippen LogP contribution in [0.4, 0.5) is 0 Å². The van der Waals surface area contributed by atoms with Gasteiger partial charge in [0.05, 0.1) is 5.33 Å². The Morgan fingerprint density at radius 3 is 2.35 bits per heavy atom. The van der Waals surface area contributed by atoms with Crippen LogP contribution < -0.4 is 0 Å². The van der Waals surface area contributed by atoms with Gasteiger partial charge in [0, 0.05) is 11.5 Å². The van der Waals surface area contributed by atoms with Gasteiger partial charge in [-0.05, 0) is 33.6 Å². The Hall–Kier alpha value is -0.380. The number of hydrogen-bond acceptors (Lipinski definition) is 2. The van der Waals surface area contributed by atoms with E-state index in [1.165, 1.54) is 37.9 Å². The van der Waals surface area contributed by atoms with Gasteiger partial charge in [0.1, 0.15) is 11.6 Å². The van der Waals surface area contributed by atoms with E-state index in [-0.39, 0.29) is 5.54 Å². The number of halogens is 1. The van der Waals surface area contributed by atoms with Crippen molar-refractivity contribution in [2.24, 2.45) is 0 Å². The van der Waals surface area contributed by atoms with E-state index in [0.717, 1.165) is 11.2 Å². The molecule has 4 heteroatoms. The molecule has 1 aliphatic rings. The van der Waals surface area contributed by atoms with E-state index in [0.29, 0.717) is 5.92 Å². The quantitative estimate of drug-likeness (QED) is 0.774. The van der Waals surface area contributed by atoms with E-state index < -0.39 is 0 Å². The molecule has 0 aromatic carbocycles. The van der Waals surface area contributed by atoms with Gasteiger partial charge in [0.15, 0.2) is 0 Å². The normalized spacial score (nSPS) is 18.6. The molecule has 1 aliphatic carbocycles. The lowest BCUT2D eigenvalue weighted by Crippen LogP contribution is -2.27. The molecule has 1 saturated carbocycles. The number of hydrogen-bond donors (Lipinski definition) is 0. The maximum atomic E-state index is 4.46. The summed E-state index contributed by atoms with van der Waals surface area (Å²) in [6.45, 7) is 6.69. The van der Waals surface area contributed by atoms with E-state index in [9.17, 15) is 0 Å². The molecule has 1 aromatic heterocycles. The first-order valence-electron chi connectivity index (χ1n) is 6.54. The molecule has 1 heterocycles. The van der Waals surface area contributed by atoms with Gasteiger partial charge in [-0.1, -0.05) is 35.2 Å². The highest BCUT2D eigenvalue weighted by atomic mass is 79.9. The lowest BCUT2D eigenvalue weighted by atomic mass is 9.88. The smallest absolute Gasteiger partial charge is 0.144 e. The average molecular weight is 300 g/mol. The van der Waals surface area contributed by atoms with E-state index in [4.69, 9.17) is 0 Å². The van der Waals surface area contributed by atoms with Gasteiger partial charge in [-0.25, -0.2) is 0 Å². The van der Waals surface area contributed by atoms with Crippen molar-refractivity contribution < 1.29 is 0 Å². The van der Waals surface area contributed by atoms with Crippen LogP contribution in [0.2, 0.25) is 0 Å². The molecule has 17 heavy (non-hydrogen) atoms. The minimum Gasteiger partial charge on any atom is -0.309 e. The third kappa shape index (κ3) is 2.72. The van der Waals surface area contributed by atoms with E-state index in [1.807, 2.05) is 0 Å². The SMILES string of the molecule is CC(C)(C)n1c(CBr)nnc1C1CCCCC1. The minimum atomic E-state index is 0.0688. The second kappa shape index (κ2) is 5.09. The monoisotopic (exact) mass is 299 g/mol. The number of nitrogens with zero attached hydrogens (tertiary/aromatic N) is 3. The summed E-state index contributed by atoms with van der Waals surface area (Å²) in [5.74, 6) is 2.87. The lowest BCUT2D eigenvalue weighted by Gasteiger charge is -2.29. The lowest BCUT2D eigenvalue weighted by molar-refractivity contribution is 0.340. The molecule has 2 rings (SSSR count). The zero-order valence-electron chi connectivity index (χ0n) is 11.0. The highest BCUT2D eigenvalue weighted by molar-refractivity contribution is 9.08. The number of alkyl halides is 1. The summed E-state index contributed by atoms with van der Waals surface area (Å²) in [6, 6.07) is 0. The first-order chi connectivity index (χ1) is 8.04. The second-order valence-corrected chi connectivity index (χ2v) is 6.51. The molecular weight excluding hydrogens is 278 g/mol. The van der Waals surface area contributed by atoms with Gasteiger partial charge in [-0.2, -0.15) is 0 Å². The topological polar surface area (TPSA) is 30.7 Å². The van der Waals surface area contributed by atoms with Crippen LogP contribution in [0.5, 0.6) is 0 Å². The summed E-state index contributed by atoms with van der Waals surface area (Å²) in [5, 5.41) is 9.58. The molecule has 1 fully saturated rings. The Kier molecular flexibility index (Phi) is 3.91. The summed E-state index contributed by atoms with van der Waals surface area (Å²) in [4.78, 5) is 0. The van der Waals surface area contributed by atoms with Crippen molar-refractivity contribution in [3.63, 3.8) is 0 Å². The van der Waals surface area contributed by atoms with Crippen molar-refractivity contribution in [3.8, 4) is 0 Å². The molecule has 0 unspecified atom stereocenters. The highest BCUT2D eigenvalue weighted by Gasteiger charge is 2.28. The zero-order chi connectivity index (χ0) is 12.5. The van der Waals surface area contributed by atoms with Gasteiger partial charge < -0.3 is 4.57 Å². The number of rotatable bonds is 2. The molecule has 0 saturated heterocycles. The summed E-state index contributed by atoms with van der Waals surface area (Å²) < 4.78 is 2.33. The summed E-state index contributed by atoms with van der Waals surface area (Å²) in [5.41, 5.74) is 0.0688. The Balaban J connectivity index is 2.36. The summed E-state index contributed by atoms with van der Waals surface area (Å²) in [6.07, 6.45) is 6.61. The largest absolute Gasteiger partial charge is 0.309 e. The Bertz CT molecular complexity index is 373. The zero-order valence-corrected chi connectivity index (χ0v) is 12.6. The standard InChI is InChI=1S/C13H22BrN3/c1-13(2,3)17-11(9-14)15-16-12(17)10-7-5-4-6-8-10/h10H,4-9H2,1-3H3. The Morgan fingerprint density at radius 2 is 1.82 bits per heavy atom. The maximum Gasteiger partial charge on any atom is 0.144 e. The first kappa shape index (κ1) is 13.1. The van der Waals surface area contributed by atoms with Crippen molar-refractivity contribution in [2.45, 2.75) is 69.7 Å². The van der Waals surface area contributed by atoms with Crippen LogP contribution in [-0.4, -0.2) is 14.8 Å². The van der Waals surface area contributed by atoms with Gasteiger partial charge in [0.2, 0.25) is 0 Å². The van der Waals surface area contributed by atoms with Crippen molar-refractivity contribution in [3.05, 3.63) is 11.6 Å². The van der Waals surface area contributed by atoms with Crippen LogP contribution in [0, 0.1) is 0 Å². The van der Waals surface area contributed by atoms with Crippen LogP contribution >= 0.6 is 15.9 Å². The molecule has 0 N–H and O–H groups in total. The van der Waals surface area contributed by atoms with Crippen molar-refractivity contribution in [2.75, 3.05) is 0 Å². The number of aromatic nitrogens is 3. The van der Waals surface area contributed by atoms with Crippen LogP contribution in [0.1, 0.15) is 70.4 Å². The minimum absolute atomic E-state index is 0.0688. The summed E-state index contributed by atoms with van der Waals surface area (Å²) in [7, 11) is 0. The fraction of sp³-hybridized carbons (Fsp3) is 0.846. The molecule has 0 amide bonds. The van der Waals surface area contributed by atoms with Crippen molar-refractivity contribution in [1.29, 1.82) is 0 Å². The molecule has 0 radical (unpaired) electrons. The Morgan fingerprint density at radius 1 is 1.18 bits per heavy atom. The van der Waals surface area contributed by atoms with Crippen molar-refractivity contribution >= 4 is 15.9 Å². The molecule has 0 atom stereocenters. The van der Waals surface area contributed by atoms with Gasteiger partial charge >= 0.3 is 0 Å². The van der Waals surface area contributed by atoms with Crippen LogP contribution in [0.25, 0.3) is 0 Å². The van der Waals surface area contributed by atoms with Crippen molar-refractivity contribution in [1.82, 2.24) is 14.8 Å². The first-order valence-corrected chi connectivity index (χ1v) is 7.67. The molecular formula is C13H22BrN3.